The highest BCUT2D eigenvalue weighted by molar-refractivity contribution is 5.73. The normalized spacial score (nSPS) is 18.3. The molecule has 8 nitrogen and oxygen atoms in total. The van der Waals surface area contributed by atoms with Crippen LogP contribution in [0.2, 0.25) is 0 Å². The zero-order valence-electron chi connectivity index (χ0n) is 18.6. The molecule has 0 aromatic carbocycles. The summed E-state index contributed by atoms with van der Waals surface area (Å²) in [6, 6.07) is 0. The molecule has 0 aliphatic carbocycles. The van der Waals surface area contributed by atoms with Gasteiger partial charge in [0.05, 0.1) is 25.0 Å². The van der Waals surface area contributed by atoms with Crippen molar-refractivity contribution in [3.05, 3.63) is 0 Å². The summed E-state index contributed by atoms with van der Waals surface area (Å²) in [5, 5.41) is 3.20. The molecule has 0 saturated carbocycles. The van der Waals surface area contributed by atoms with Crippen LogP contribution in [0.5, 0.6) is 0 Å². The summed E-state index contributed by atoms with van der Waals surface area (Å²) in [6.07, 6.45) is 2.86. The van der Waals surface area contributed by atoms with E-state index in [1.807, 2.05) is 27.7 Å². The predicted octanol–water partition coefficient (Wildman–Crippen LogP) is 2.75. The Morgan fingerprint density at radius 1 is 0.862 bits per heavy atom. The summed E-state index contributed by atoms with van der Waals surface area (Å²) < 4.78 is 15.2. The minimum Gasteiger partial charge on any atom is -0.466 e. The van der Waals surface area contributed by atoms with Crippen LogP contribution in [0.25, 0.3) is 0 Å². The number of hydrogen-bond donors (Lipinski definition) is 1. The third kappa shape index (κ3) is 9.96. The quantitative estimate of drug-likeness (QED) is 0.558. The van der Waals surface area contributed by atoms with Gasteiger partial charge in [-0.05, 0) is 73.4 Å². The Bertz CT molecular complexity index is 518. The van der Waals surface area contributed by atoms with Gasteiger partial charge < -0.3 is 24.4 Å². The summed E-state index contributed by atoms with van der Waals surface area (Å²) in [5.74, 6) is -0.102. The lowest BCUT2D eigenvalue weighted by Crippen LogP contribution is -2.43. The number of rotatable bonds is 4. The van der Waals surface area contributed by atoms with Crippen molar-refractivity contribution in [3.63, 3.8) is 0 Å². The number of piperidine rings is 2. The SMILES string of the molecule is CCOC(=O)C1CCN(C(=O)OC(C)(C)C)CC1.CCOC(=O)C1CCNCC1. The molecule has 2 heterocycles. The summed E-state index contributed by atoms with van der Waals surface area (Å²) >= 11 is 0. The summed E-state index contributed by atoms with van der Waals surface area (Å²) in [4.78, 5) is 36.2. The van der Waals surface area contributed by atoms with Gasteiger partial charge in [0.2, 0.25) is 0 Å². The van der Waals surface area contributed by atoms with E-state index in [0.29, 0.717) is 39.1 Å². The van der Waals surface area contributed by atoms with Gasteiger partial charge in [-0.3, -0.25) is 9.59 Å². The smallest absolute Gasteiger partial charge is 0.410 e. The fourth-order valence-electron chi connectivity index (χ4n) is 3.20. The first-order valence-electron chi connectivity index (χ1n) is 10.7. The van der Waals surface area contributed by atoms with Crippen molar-refractivity contribution in [2.75, 3.05) is 39.4 Å². The number of hydrogen-bond acceptors (Lipinski definition) is 7. The first kappa shape index (κ1) is 25.2. The molecule has 0 aromatic heterocycles. The van der Waals surface area contributed by atoms with E-state index in [4.69, 9.17) is 14.2 Å². The molecule has 0 radical (unpaired) electrons. The van der Waals surface area contributed by atoms with Gasteiger partial charge in [-0.25, -0.2) is 4.79 Å². The van der Waals surface area contributed by atoms with Gasteiger partial charge >= 0.3 is 18.0 Å². The van der Waals surface area contributed by atoms with Gasteiger partial charge in [-0.2, -0.15) is 0 Å². The van der Waals surface area contributed by atoms with Crippen molar-refractivity contribution in [1.82, 2.24) is 10.2 Å². The van der Waals surface area contributed by atoms with E-state index in [-0.39, 0.29) is 29.9 Å². The van der Waals surface area contributed by atoms with Crippen LogP contribution < -0.4 is 5.32 Å². The molecule has 1 N–H and O–H groups in total. The van der Waals surface area contributed by atoms with E-state index in [9.17, 15) is 14.4 Å². The van der Waals surface area contributed by atoms with Crippen LogP contribution in [0.4, 0.5) is 4.79 Å². The van der Waals surface area contributed by atoms with E-state index in [1.165, 1.54) is 0 Å². The van der Waals surface area contributed by atoms with Crippen molar-refractivity contribution in [2.24, 2.45) is 11.8 Å². The predicted molar refractivity (Wildman–Crippen MR) is 109 cm³/mol. The molecule has 2 saturated heterocycles. The number of carbonyl (C=O) groups excluding carboxylic acids is 3. The van der Waals surface area contributed by atoms with Crippen molar-refractivity contribution in [1.29, 1.82) is 0 Å². The van der Waals surface area contributed by atoms with Crippen LogP contribution >= 0.6 is 0 Å². The lowest BCUT2D eigenvalue weighted by atomic mass is 9.97. The minimum absolute atomic E-state index is 0.0194. The van der Waals surface area contributed by atoms with Crippen LogP contribution in [-0.4, -0.2) is 67.9 Å². The monoisotopic (exact) mass is 414 g/mol. The van der Waals surface area contributed by atoms with E-state index in [0.717, 1.165) is 25.9 Å². The number of nitrogens with one attached hydrogen (secondary N) is 1. The first-order valence-corrected chi connectivity index (χ1v) is 10.7. The van der Waals surface area contributed by atoms with Crippen LogP contribution in [0.1, 0.15) is 60.3 Å². The second kappa shape index (κ2) is 12.7. The minimum atomic E-state index is -0.477. The lowest BCUT2D eigenvalue weighted by molar-refractivity contribution is -0.150. The third-order valence-electron chi connectivity index (χ3n) is 4.73. The summed E-state index contributed by atoms with van der Waals surface area (Å²) in [5.41, 5.74) is -0.477. The molecular weight excluding hydrogens is 376 g/mol. The third-order valence-corrected chi connectivity index (χ3v) is 4.73. The van der Waals surface area contributed by atoms with Crippen molar-refractivity contribution in [3.8, 4) is 0 Å². The molecule has 2 fully saturated rings. The topological polar surface area (TPSA) is 94.2 Å². The maximum absolute atomic E-state index is 11.8. The van der Waals surface area contributed by atoms with E-state index < -0.39 is 5.60 Å². The molecule has 0 atom stereocenters. The Kier molecular flexibility index (Phi) is 11.0. The van der Waals surface area contributed by atoms with Crippen LogP contribution in [0.3, 0.4) is 0 Å². The molecule has 2 aliphatic rings. The van der Waals surface area contributed by atoms with Gasteiger partial charge in [0, 0.05) is 13.1 Å². The van der Waals surface area contributed by atoms with Crippen molar-refractivity contribution < 1.29 is 28.6 Å². The Morgan fingerprint density at radius 2 is 1.31 bits per heavy atom. The fraction of sp³-hybridized carbons (Fsp3) is 0.857. The Labute approximate surface area is 174 Å². The number of ether oxygens (including phenoxy) is 3. The number of esters is 2. The standard InChI is InChI=1S/C13H23NO4.C8H15NO2/c1-5-17-11(15)10-6-8-14(9-7-10)12(16)18-13(2,3)4;1-2-11-8(10)7-3-5-9-6-4-7/h10H,5-9H2,1-4H3;7,9H,2-6H2,1H3. The van der Waals surface area contributed by atoms with Gasteiger partial charge in [0.1, 0.15) is 5.60 Å². The fourth-order valence-corrected chi connectivity index (χ4v) is 3.20. The second-order valence-electron chi connectivity index (χ2n) is 8.27. The van der Waals surface area contributed by atoms with Crippen molar-refractivity contribution in [2.45, 2.75) is 65.9 Å². The molecule has 0 bridgehead atoms. The lowest BCUT2D eigenvalue weighted by Gasteiger charge is -2.32. The maximum Gasteiger partial charge on any atom is 0.410 e. The molecule has 1 amide bonds. The number of carbonyl (C=O) groups is 3. The Hall–Kier alpha value is -1.83. The Balaban J connectivity index is 0.000000326. The average molecular weight is 415 g/mol. The zero-order chi connectivity index (χ0) is 21.9. The van der Waals surface area contributed by atoms with Gasteiger partial charge in [-0.1, -0.05) is 0 Å². The second-order valence-corrected chi connectivity index (χ2v) is 8.27. The van der Waals surface area contributed by atoms with Gasteiger partial charge in [-0.15, -0.1) is 0 Å². The average Bonchev–Trinajstić information content (AvgIpc) is 2.68. The summed E-state index contributed by atoms with van der Waals surface area (Å²) in [7, 11) is 0. The summed E-state index contributed by atoms with van der Waals surface area (Å²) in [6.45, 7) is 13.1. The molecule has 168 valence electrons. The number of amides is 1. The molecule has 2 rings (SSSR count). The van der Waals surface area contributed by atoms with Crippen LogP contribution in [0, 0.1) is 11.8 Å². The van der Waals surface area contributed by atoms with E-state index in [1.54, 1.807) is 11.8 Å². The number of nitrogens with zero attached hydrogens (tertiary/aromatic N) is 1. The van der Waals surface area contributed by atoms with E-state index in [2.05, 4.69) is 5.32 Å². The highest BCUT2D eigenvalue weighted by Gasteiger charge is 2.30. The molecule has 0 spiro atoms. The van der Waals surface area contributed by atoms with Crippen LogP contribution in [-0.2, 0) is 23.8 Å². The van der Waals surface area contributed by atoms with Crippen molar-refractivity contribution >= 4 is 18.0 Å². The molecule has 0 unspecified atom stereocenters. The molecule has 2 aliphatic heterocycles. The van der Waals surface area contributed by atoms with Gasteiger partial charge in [0.25, 0.3) is 0 Å². The molecule has 0 aromatic rings. The zero-order valence-corrected chi connectivity index (χ0v) is 18.6. The number of likely N-dealkylation sites (tertiary alicyclic amines) is 1. The van der Waals surface area contributed by atoms with Gasteiger partial charge in [0.15, 0.2) is 0 Å². The highest BCUT2D eigenvalue weighted by atomic mass is 16.6. The Morgan fingerprint density at radius 3 is 1.72 bits per heavy atom. The largest absolute Gasteiger partial charge is 0.466 e. The molecule has 8 heteroatoms. The molecule has 29 heavy (non-hydrogen) atoms. The molecular formula is C21H38N2O6. The van der Waals surface area contributed by atoms with E-state index >= 15 is 0 Å². The first-order chi connectivity index (χ1) is 13.7. The van der Waals surface area contributed by atoms with Crippen LogP contribution in [0.15, 0.2) is 0 Å². The maximum atomic E-state index is 11.8. The highest BCUT2D eigenvalue weighted by Crippen LogP contribution is 2.20.